The van der Waals surface area contributed by atoms with Crippen LogP contribution in [0.1, 0.15) is 44.9 Å². The Morgan fingerprint density at radius 2 is 1.84 bits per heavy atom. The van der Waals surface area contributed by atoms with Gasteiger partial charge in [0.1, 0.15) is 0 Å². The molecule has 1 aromatic heterocycles. The number of aromatic nitrogens is 1. The molecular formula is C25H32BrN3O2S. The number of anilines is 1. The molecule has 0 radical (unpaired) electrons. The zero-order valence-corrected chi connectivity index (χ0v) is 21.0. The average molecular weight is 519 g/mol. The molecule has 4 bridgehead atoms. The van der Waals surface area contributed by atoms with Crippen molar-refractivity contribution in [3.63, 3.8) is 0 Å². The van der Waals surface area contributed by atoms with Crippen molar-refractivity contribution in [1.82, 2.24) is 9.88 Å². The van der Waals surface area contributed by atoms with Gasteiger partial charge in [-0.15, -0.1) is 0 Å². The predicted molar refractivity (Wildman–Crippen MR) is 132 cm³/mol. The molecule has 0 atom stereocenters. The zero-order chi connectivity index (χ0) is 21.7. The van der Waals surface area contributed by atoms with Crippen molar-refractivity contribution in [2.75, 3.05) is 44.3 Å². The summed E-state index contributed by atoms with van der Waals surface area (Å²) in [6.07, 6.45) is 8.38. The third-order valence-corrected chi connectivity index (χ3v) is 9.80. The zero-order valence-electron chi connectivity index (χ0n) is 18.6. The fourth-order valence-corrected chi connectivity index (χ4v) is 8.76. The second-order valence-electron chi connectivity index (χ2n) is 10.6. The van der Waals surface area contributed by atoms with Gasteiger partial charge in [0.15, 0.2) is 5.13 Å². The lowest BCUT2D eigenvalue weighted by Crippen LogP contribution is -2.55. The lowest BCUT2D eigenvalue weighted by molar-refractivity contribution is -0.143. The van der Waals surface area contributed by atoms with Crippen molar-refractivity contribution in [3.8, 4) is 0 Å². The van der Waals surface area contributed by atoms with Crippen LogP contribution in [0.15, 0.2) is 22.7 Å². The molecule has 0 unspecified atom stereocenters. The van der Waals surface area contributed by atoms with Crippen molar-refractivity contribution in [1.29, 1.82) is 0 Å². The summed E-state index contributed by atoms with van der Waals surface area (Å²) in [4.78, 5) is 23.8. The Labute approximate surface area is 202 Å². The maximum Gasteiger partial charge on any atom is 0.235 e. The number of nitrogens with zero attached hydrogens (tertiary/aromatic N) is 3. The van der Waals surface area contributed by atoms with Crippen LogP contribution in [0.5, 0.6) is 0 Å². The van der Waals surface area contributed by atoms with Crippen molar-refractivity contribution in [3.05, 3.63) is 22.7 Å². The number of hydrogen-bond acceptors (Lipinski definition) is 5. The highest BCUT2D eigenvalue weighted by Crippen LogP contribution is 2.60. The summed E-state index contributed by atoms with van der Waals surface area (Å²) < 4.78 is 7.70. The van der Waals surface area contributed by atoms with Gasteiger partial charge in [0, 0.05) is 30.7 Å². The number of fused-ring (bicyclic) bond motifs is 1. The molecule has 2 heterocycles. The second kappa shape index (κ2) is 8.64. The monoisotopic (exact) mass is 517 g/mol. The van der Waals surface area contributed by atoms with Crippen LogP contribution < -0.4 is 4.90 Å². The number of halogens is 1. The van der Waals surface area contributed by atoms with E-state index < -0.39 is 0 Å². The van der Waals surface area contributed by atoms with Crippen LogP contribution in [0.4, 0.5) is 5.13 Å². The Bertz CT molecular complexity index is 967. The van der Waals surface area contributed by atoms with E-state index in [2.05, 4.69) is 37.9 Å². The SMILES string of the molecule is O=C(N(CCCN1CCOCC1)c1nc2ccc(Br)cc2s1)C12CC3CC(CC(C3)C1)C2. The molecule has 0 N–H and O–H groups in total. The molecule has 172 valence electrons. The van der Waals surface area contributed by atoms with Crippen molar-refractivity contribution in [2.45, 2.75) is 44.9 Å². The standard InChI is InChI=1S/C25H32BrN3O2S/c26-20-2-3-21-22(13-20)32-24(27-21)29(5-1-4-28-6-8-31-9-7-28)23(30)25-14-17-10-18(15-25)12-19(11-17)16-25/h2-3,13,17-19H,1,4-12,14-16H2. The minimum atomic E-state index is -0.133. The normalized spacial score (nSPS) is 32.0. The Morgan fingerprint density at radius 3 is 2.53 bits per heavy atom. The number of thiazole rings is 1. The highest BCUT2D eigenvalue weighted by Gasteiger charge is 2.56. The smallest absolute Gasteiger partial charge is 0.235 e. The summed E-state index contributed by atoms with van der Waals surface area (Å²) in [6.45, 7) is 5.42. The van der Waals surface area contributed by atoms with Crippen molar-refractivity contribution in [2.24, 2.45) is 23.2 Å². The molecule has 5 nitrogen and oxygen atoms in total. The number of hydrogen-bond donors (Lipinski definition) is 0. The maximum atomic E-state index is 14.3. The molecule has 1 saturated heterocycles. The van der Waals surface area contributed by atoms with E-state index in [0.29, 0.717) is 5.91 Å². The van der Waals surface area contributed by atoms with Crippen LogP contribution in [0.3, 0.4) is 0 Å². The number of amides is 1. The second-order valence-corrected chi connectivity index (χ2v) is 12.5. The van der Waals surface area contributed by atoms with E-state index in [4.69, 9.17) is 9.72 Å². The summed E-state index contributed by atoms with van der Waals surface area (Å²) >= 11 is 5.25. The number of morpholine rings is 1. The molecule has 32 heavy (non-hydrogen) atoms. The number of rotatable bonds is 6. The van der Waals surface area contributed by atoms with Crippen molar-refractivity contribution >= 4 is 48.5 Å². The largest absolute Gasteiger partial charge is 0.379 e. The molecule has 1 aliphatic heterocycles. The molecular weight excluding hydrogens is 486 g/mol. The minimum Gasteiger partial charge on any atom is -0.379 e. The van der Waals surface area contributed by atoms with Gasteiger partial charge in [-0.3, -0.25) is 14.6 Å². The third kappa shape index (κ3) is 4.04. The van der Waals surface area contributed by atoms with Gasteiger partial charge in [0.25, 0.3) is 0 Å². The molecule has 4 saturated carbocycles. The van der Waals surface area contributed by atoms with Crippen LogP contribution in [0, 0.1) is 23.2 Å². The maximum absolute atomic E-state index is 14.3. The number of ether oxygens (including phenoxy) is 1. The minimum absolute atomic E-state index is 0.133. The molecule has 4 aliphatic carbocycles. The summed E-state index contributed by atoms with van der Waals surface area (Å²) in [6, 6.07) is 6.22. The van der Waals surface area contributed by atoms with E-state index in [9.17, 15) is 4.79 Å². The van der Waals surface area contributed by atoms with Gasteiger partial charge in [-0.1, -0.05) is 27.3 Å². The Hall–Kier alpha value is -1.02. The fraction of sp³-hybridized carbons (Fsp3) is 0.680. The van der Waals surface area contributed by atoms with Gasteiger partial charge in [-0.25, -0.2) is 4.98 Å². The predicted octanol–water partition coefficient (Wildman–Crippen LogP) is 5.33. The summed E-state index contributed by atoms with van der Waals surface area (Å²) in [5.74, 6) is 2.68. The van der Waals surface area contributed by atoms with Gasteiger partial charge >= 0.3 is 0 Å². The Balaban J connectivity index is 1.27. The van der Waals surface area contributed by atoms with E-state index in [-0.39, 0.29) is 5.41 Å². The van der Waals surface area contributed by atoms with E-state index in [1.165, 1.54) is 19.3 Å². The summed E-state index contributed by atoms with van der Waals surface area (Å²) in [7, 11) is 0. The van der Waals surface area contributed by atoms with Gasteiger partial charge < -0.3 is 4.74 Å². The van der Waals surface area contributed by atoms with E-state index in [1.807, 2.05) is 6.07 Å². The van der Waals surface area contributed by atoms with Crippen LogP contribution in [0.25, 0.3) is 10.2 Å². The summed E-state index contributed by atoms with van der Waals surface area (Å²) in [5, 5.41) is 0.890. The lowest BCUT2D eigenvalue weighted by atomic mass is 9.49. The van der Waals surface area contributed by atoms with Crippen molar-refractivity contribution < 1.29 is 9.53 Å². The van der Waals surface area contributed by atoms with Gasteiger partial charge in [0.2, 0.25) is 5.91 Å². The van der Waals surface area contributed by atoms with Gasteiger partial charge in [-0.2, -0.15) is 0 Å². The summed E-state index contributed by atoms with van der Waals surface area (Å²) in [5.41, 5.74) is 0.858. The molecule has 0 spiro atoms. The molecule has 2 aromatic rings. The van der Waals surface area contributed by atoms with Crippen LogP contribution in [0.2, 0.25) is 0 Å². The Morgan fingerprint density at radius 1 is 1.16 bits per heavy atom. The highest BCUT2D eigenvalue weighted by molar-refractivity contribution is 9.10. The molecule has 5 aliphatic rings. The molecule has 5 fully saturated rings. The quantitative estimate of drug-likeness (QED) is 0.519. The molecule has 1 amide bonds. The van der Waals surface area contributed by atoms with E-state index in [1.54, 1.807) is 11.3 Å². The average Bonchev–Trinajstić information content (AvgIpc) is 3.19. The van der Waals surface area contributed by atoms with Gasteiger partial charge in [0.05, 0.1) is 28.8 Å². The first-order valence-electron chi connectivity index (χ1n) is 12.3. The van der Waals surface area contributed by atoms with Crippen LogP contribution in [-0.2, 0) is 9.53 Å². The van der Waals surface area contributed by atoms with Crippen LogP contribution >= 0.6 is 27.3 Å². The molecule has 7 heteroatoms. The first-order valence-corrected chi connectivity index (χ1v) is 13.9. The third-order valence-electron chi connectivity index (χ3n) is 8.27. The number of carbonyl (C=O) groups is 1. The van der Waals surface area contributed by atoms with Gasteiger partial charge in [-0.05, 0) is 80.9 Å². The Kier molecular flexibility index (Phi) is 5.81. The topological polar surface area (TPSA) is 45.7 Å². The number of benzene rings is 1. The van der Waals surface area contributed by atoms with Crippen LogP contribution in [-0.4, -0.2) is 55.2 Å². The highest BCUT2D eigenvalue weighted by atomic mass is 79.9. The van der Waals surface area contributed by atoms with E-state index >= 15 is 0 Å². The first-order chi connectivity index (χ1) is 15.6. The first kappa shape index (κ1) is 21.5. The molecule has 1 aromatic carbocycles. The lowest BCUT2D eigenvalue weighted by Gasteiger charge is -2.56. The fourth-order valence-electron chi connectivity index (χ4n) is 7.22. The van der Waals surface area contributed by atoms with E-state index in [0.717, 1.165) is 103 Å². The number of carbonyl (C=O) groups excluding carboxylic acids is 1. The molecule has 7 rings (SSSR count).